The second-order valence-electron chi connectivity index (χ2n) is 6.06. The molecule has 128 valence electrons. The molecule has 1 saturated heterocycles. The lowest BCUT2D eigenvalue weighted by Gasteiger charge is -2.27. The minimum absolute atomic E-state index is 0.0468. The SMILES string of the molecule is CCOC(=O)[C@H]1C[C@@H](OS(C)(=O)=O)CN1C(=O)OC(C)(C)C. The zero-order valence-corrected chi connectivity index (χ0v) is 14.3. The third-order valence-corrected chi connectivity index (χ3v) is 3.38. The van der Waals surface area contributed by atoms with Gasteiger partial charge in [0.1, 0.15) is 11.6 Å². The Morgan fingerprint density at radius 3 is 2.32 bits per heavy atom. The van der Waals surface area contributed by atoms with Crippen LogP contribution in [0.5, 0.6) is 0 Å². The first-order valence-corrected chi connectivity index (χ1v) is 8.79. The number of carbonyl (C=O) groups is 2. The first kappa shape index (κ1) is 18.7. The van der Waals surface area contributed by atoms with E-state index in [1.54, 1.807) is 27.7 Å². The summed E-state index contributed by atoms with van der Waals surface area (Å²) < 4.78 is 37.5. The van der Waals surface area contributed by atoms with Crippen LogP contribution in [0.1, 0.15) is 34.1 Å². The summed E-state index contributed by atoms with van der Waals surface area (Å²) in [6.07, 6.45) is -0.532. The van der Waals surface area contributed by atoms with E-state index >= 15 is 0 Å². The molecule has 0 bridgehead atoms. The number of amides is 1. The Labute approximate surface area is 130 Å². The number of hydrogen-bond donors (Lipinski definition) is 0. The highest BCUT2D eigenvalue weighted by Crippen LogP contribution is 2.25. The second-order valence-corrected chi connectivity index (χ2v) is 7.66. The summed E-state index contributed by atoms with van der Waals surface area (Å²) in [6, 6.07) is -0.915. The third kappa shape index (κ3) is 5.80. The van der Waals surface area contributed by atoms with Crippen LogP contribution in [-0.4, -0.2) is 62.5 Å². The molecule has 0 spiro atoms. The van der Waals surface area contributed by atoms with E-state index in [1.807, 2.05) is 0 Å². The summed E-state index contributed by atoms with van der Waals surface area (Å²) in [5, 5.41) is 0. The number of likely N-dealkylation sites (tertiary alicyclic amines) is 1. The fourth-order valence-electron chi connectivity index (χ4n) is 2.10. The van der Waals surface area contributed by atoms with Crippen molar-refractivity contribution in [2.24, 2.45) is 0 Å². The Hall–Kier alpha value is -1.35. The zero-order chi connectivity index (χ0) is 17.1. The van der Waals surface area contributed by atoms with Crippen LogP contribution in [0.3, 0.4) is 0 Å². The number of ether oxygens (including phenoxy) is 2. The highest BCUT2D eigenvalue weighted by atomic mass is 32.2. The van der Waals surface area contributed by atoms with Crippen molar-refractivity contribution in [3.8, 4) is 0 Å². The molecule has 1 rings (SSSR count). The van der Waals surface area contributed by atoms with Gasteiger partial charge in [-0.2, -0.15) is 8.42 Å². The molecule has 0 aliphatic carbocycles. The van der Waals surface area contributed by atoms with Gasteiger partial charge in [-0.05, 0) is 27.7 Å². The van der Waals surface area contributed by atoms with Crippen molar-refractivity contribution in [2.75, 3.05) is 19.4 Å². The van der Waals surface area contributed by atoms with Gasteiger partial charge < -0.3 is 9.47 Å². The van der Waals surface area contributed by atoms with Gasteiger partial charge in [0.25, 0.3) is 10.1 Å². The van der Waals surface area contributed by atoms with Gasteiger partial charge in [0.2, 0.25) is 0 Å². The van der Waals surface area contributed by atoms with E-state index in [2.05, 4.69) is 0 Å². The first-order valence-electron chi connectivity index (χ1n) is 6.97. The maximum Gasteiger partial charge on any atom is 0.411 e. The highest BCUT2D eigenvalue weighted by molar-refractivity contribution is 7.86. The molecule has 1 fully saturated rings. The molecule has 1 aliphatic heterocycles. The molecule has 1 heterocycles. The smallest absolute Gasteiger partial charge is 0.411 e. The molecular formula is C13H23NO7S. The van der Waals surface area contributed by atoms with Gasteiger partial charge >= 0.3 is 12.1 Å². The largest absolute Gasteiger partial charge is 0.464 e. The van der Waals surface area contributed by atoms with Gasteiger partial charge in [-0.3, -0.25) is 9.08 Å². The van der Waals surface area contributed by atoms with Crippen LogP contribution in [-0.2, 0) is 28.6 Å². The lowest BCUT2D eigenvalue weighted by molar-refractivity contribution is -0.148. The summed E-state index contributed by atoms with van der Waals surface area (Å²) in [6.45, 7) is 6.86. The molecule has 0 N–H and O–H groups in total. The van der Waals surface area contributed by atoms with Crippen LogP contribution < -0.4 is 0 Å². The van der Waals surface area contributed by atoms with Crippen LogP contribution >= 0.6 is 0 Å². The Morgan fingerprint density at radius 2 is 1.86 bits per heavy atom. The average Bonchev–Trinajstić information content (AvgIpc) is 2.68. The van der Waals surface area contributed by atoms with Crippen LogP contribution in [0.15, 0.2) is 0 Å². The van der Waals surface area contributed by atoms with Gasteiger partial charge in [0, 0.05) is 6.42 Å². The van der Waals surface area contributed by atoms with Crippen LogP contribution in [0, 0.1) is 0 Å². The molecule has 1 amide bonds. The van der Waals surface area contributed by atoms with E-state index in [1.165, 1.54) is 0 Å². The predicted octanol–water partition coefficient (Wildman–Crippen LogP) is 0.904. The minimum atomic E-state index is -3.68. The number of esters is 1. The topological polar surface area (TPSA) is 99.2 Å². The lowest BCUT2D eigenvalue weighted by Crippen LogP contribution is -2.44. The number of nitrogens with zero attached hydrogens (tertiary/aromatic N) is 1. The van der Waals surface area contributed by atoms with Gasteiger partial charge in [-0.25, -0.2) is 9.59 Å². The number of hydrogen-bond acceptors (Lipinski definition) is 7. The Kier molecular flexibility index (Phi) is 5.80. The second kappa shape index (κ2) is 6.82. The van der Waals surface area contributed by atoms with Gasteiger partial charge in [0.05, 0.1) is 25.5 Å². The lowest BCUT2D eigenvalue weighted by atomic mass is 10.2. The molecule has 1 aliphatic rings. The molecule has 2 atom stereocenters. The van der Waals surface area contributed by atoms with Crippen LogP contribution in [0.4, 0.5) is 4.79 Å². The van der Waals surface area contributed by atoms with Crippen molar-refractivity contribution in [3.63, 3.8) is 0 Å². The molecular weight excluding hydrogens is 314 g/mol. The van der Waals surface area contributed by atoms with Crippen LogP contribution in [0.2, 0.25) is 0 Å². The van der Waals surface area contributed by atoms with Crippen molar-refractivity contribution in [3.05, 3.63) is 0 Å². The monoisotopic (exact) mass is 337 g/mol. The number of carbonyl (C=O) groups excluding carboxylic acids is 2. The quantitative estimate of drug-likeness (QED) is 0.555. The van der Waals surface area contributed by atoms with E-state index in [4.69, 9.17) is 13.7 Å². The molecule has 0 unspecified atom stereocenters. The van der Waals surface area contributed by atoms with E-state index < -0.39 is 39.9 Å². The molecule has 0 radical (unpaired) electrons. The Balaban J connectivity index is 2.89. The summed E-state index contributed by atoms with van der Waals surface area (Å²) in [7, 11) is -3.68. The highest BCUT2D eigenvalue weighted by Gasteiger charge is 2.43. The fraction of sp³-hybridized carbons (Fsp3) is 0.846. The standard InChI is InChI=1S/C13H23NO7S/c1-6-19-11(15)10-7-9(21-22(5,17)18)8-14(10)12(16)20-13(2,3)4/h9-10H,6-8H2,1-5H3/t9-,10-/m1/s1. The van der Waals surface area contributed by atoms with Crippen molar-refractivity contribution in [1.29, 1.82) is 0 Å². The zero-order valence-electron chi connectivity index (χ0n) is 13.5. The van der Waals surface area contributed by atoms with E-state index in [0.717, 1.165) is 11.2 Å². The van der Waals surface area contributed by atoms with Gasteiger partial charge in [-0.1, -0.05) is 0 Å². The average molecular weight is 337 g/mol. The van der Waals surface area contributed by atoms with E-state index in [0.29, 0.717) is 0 Å². The first-order chi connectivity index (χ1) is 9.93. The molecule has 22 heavy (non-hydrogen) atoms. The fourth-order valence-corrected chi connectivity index (χ4v) is 2.73. The summed E-state index contributed by atoms with van der Waals surface area (Å²) in [4.78, 5) is 25.3. The number of rotatable bonds is 4. The molecule has 9 heteroatoms. The maximum absolute atomic E-state index is 12.2. The van der Waals surface area contributed by atoms with Crippen molar-refractivity contribution in [2.45, 2.75) is 51.9 Å². The Bertz CT molecular complexity index is 523. The summed E-state index contributed by atoms with van der Waals surface area (Å²) >= 11 is 0. The van der Waals surface area contributed by atoms with Gasteiger partial charge in [0.15, 0.2) is 0 Å². The summed E-state index contributed by atoms with van der Waals surface area (Å²) in [5.41, 5.74) is -0.730. The normalized spacial score (nSPS) is 22.5. The molecule has 0 aromatic rings. The van der Waals surface area contributed by atoms with Gasteiger partial charge in [-0.15, -0.1) is 0 Å². The molecule has 8 nitrogen and oxygen atoms in total. The molecule has 0 saturated carbocycles. The maximum atomic E-state index is 12.2. The third-order valence-electron chi connectivity index (χ3n) is 2.76. The van der Waals surface area contributed by atoms with Crippen LogP contribution in [0.25, 0.3) is 0 Å². The van der Waals surface area contributed by atoms with E-state index in [-0.39, 0.29) is 19.6 Å². The van der Waals surface area contributed by atoms with Crippen molar-refractivity contribution in [1.82, 2.24) is 4.90 Å². The minimum Gasteiger partial charge on any atom is -0.464 e. The van der Waals surface area contributed by atoms with Crippen molar-refractivity contribution < 1.29 is 31.7 Å². The van der Waals surface area contributed by atoms with Crippen molar-refractivity contribution >= 4 is 22.2 Å². The van der Waals surface area contributed by atoms with E-state index in [9.17, 15) is 18.0 Å². The predicted molar refractivity (Wildman–Crippen MR) is 77.7 cm³/mol. The summed E-state index contributed by atoms with van der Waals surface area (Å²) in [5.74, 6) is -0.604. The Morgan fingerprint density at radius 1 is 1.27 bits per heavy atom. The molecule has 0 aromatic heterocycles. The molecule has 0 aromatic carbocycles.